The molecule has 0 saturated heterocycles. The third-order valence-corrected chi connectivity index (χ3v) is 2.63. The summed E-state index contributed by atoms with van der Waals surface area (Å²) < 4.78 is 5.19. The number of hydrogen-bond acceptors (Lipinski definition) is 3. The van der Waals surface area contributed by atoms with Gasteiger partial charge in [0.25, 0.3) is 0 Å². The number of rotatable bonds is 4. The molecule has 1 rings (SSSR count). The molecule has 4 heteroatoms. The third kappa shape index (κ3) is 2.33. The van der Waals surface area contributed by atoms with Crippen LogP contribution in [-0.2, 0) is 4.79 Å². The molecule has 0 bridgehead atoms. The van der Waals surface area contributed by atoms with E-state index in [0.29, 0.717) is 0 Å². The summed E-state index contributed by atoms with van der Waals surface area (Å²) in [5.41, 5.74) is 2.61. The zero-order chi connectivity index (χ0) is 12.3. The molecule has 1 atom stereocenters. The van der Waals surface area contributed by atoms with Crippen molar-refractivity contribution >= 4 is 5.97 Å². The third-order valence-electron chi connectivity index (χ3n) is 2.63. The van der Waals surface area contributed by atoms with Crippen LogP contribution < -0.4 is 10.1 Å². The standard InChI is InChI=1S/C12H17NO3/c1-7-6-10(16-4)8(2)5-9(7)11(13-3)12(14)15/h5-6,11,13H,1-4H3,(H,14,15). The predicted molar refractivity (Wildman–Crippen MR) is 61.9 cm³/mol. The average molecular weight is 223 g/mol. The van der Waals surface area contributed by atoms with Gasteiger partial charge in [-0.2, -0.15) is 0 Å². The molecule has 88 valence electrons. The number of ether oxygens (including phenoxy) is 1. The highest BCUT2D eigenvalue weighted by Gasteiger charge is 2.20. The van der Waals surface area contributed by atoms with E-state index in [1.54, 1.807) is 14.2 Å². The number of carboxylic acids is 1. The smallest absolute Gasteiger partial charge is 0.325 e. The van der Waals surface area contributed by atoms with Gasteiger partial charge in [-0.25, -0.2) is 0 Å². The van der Waals surface area contributed by atoms with Crippen LogP contribution in [0, 0.1) is 13.8 Å². The van der Waals surface area contributed by atoms with E-state index in [4.69, 9.17) is 9.84 Å². The van der Waals surface area contributed by atoms with Crippen molar-refractivity contribution in [2.45, 2.75) is 19.9 Å². The summed E-state index contributed by atoms with van der Waals surface area (Å²) in [5, 5.41) is 11.9. The summed E-state index contributed by atoms with van der Waals surface area (Å²) in [7, 11) is 3.24. The van der Waals surface area contributed by atoms with Gasteiger partial charge in [0.05, 0.1) is 7.11 Å². The highest BCUT2D eigenvalue weighted by molar-refractivity contribution is 5.76. The minimum absolute atomic E-state index is 0.676. The van der Waals surface area contributed by atoms with Crippen molar-refractivity contribution in [1.82, 2.24) is 5.32 Å². The first-order valence-electron chi connectivity index (χ1n) is 5.06. The van der Waals surface area contributed by atoms with Crippen molar-refractivity contribution < 1.29 is 14.6 Å². The van der Waals surface area contributed by atoms with Crippen molar-refractivity contribution in [2.75, 3.05) is 14.2 Å². The zero-order valence-corrected chi connectivity index (χ0v) is 10.00. The van der Waals surface area contributed by atoms with Gasteiger partial charge >= 0.3 is 5.97 Å². The normalized spacial score (nSPS) is 12.2. The Morgan fingerprint density at radius 1 is 1.38 bits per heavy atom. The number of aliphatic carboxylic acids is 1. The van der Waals surface area contributed by atoms with Gasteiger partial charge in [0.1, 0.15) is 11.8 Å². The van der Waals surface area contributed by atoms with E-state index in [-0.39, 0.29) is 0 Å². The number of benzene rings is 1. The van der Waals surface area contributed by atoms with Crippen molar-refractivity contribution in [3.05, 3.63) is 28.8 Å². The molecule has 0 amide bonds. The molecule has 0 aliphatic rings. The second kappa shape index (κ2) is 4.99. The number of carboxylic acid groups (broad SMARTS) is 1. The van der Waals surface area contributed by atoms with Gasteiger partial charge in [-0.15, -0.1) is 0 Å². The van der Waals surface area contributed by atoms with Crippen molar-refractivity contribution in [1.29, 1.82) is 0 Å². The lowest BCUT2D eigenvalue weighted by Gasteiger charge is -2.16. The summed E-state index contributed by atoms with van der Waals surface area (Å²) >= 11 is 0. The monoisotopic (exact) mass is 223 g/mol. The van der Waals surface area contributed by atoms with Gasteiger partial charge in [0, 0.05) is 0 Å². The molecule has 0 aliphatic heterocycles. The Kier molecular flexibility index (Phi) is 3.90. The second-order valence-electron chi connectivity index (χ2n) is 3.74. The Balaban J connectivity index is 3.24. The van der Waals surface area contributed by atoms with Gasteiger partial charge in [0.15, 0.2) is 0 Å². The maximum Gasteiger partial charge on any atom is 0.325 e. The van der Waals surface area contributed by atoms with Crippen LogP contribution in [0.2, 0.25) is 0 Å². The van der Waals surface area contributed by atoms with Crippen LogP contribution in [-0.4, -0.2) is 25.2 Å². The minimum atomic E-state index is -0.879. The molecular formula is C12H17NO3. The summed E-state index contributed by atoms with van der Waals surface area (Å²) in [6.45, 7) is 3.78. The lowest BCUT2D eigenvalue weighted by molar-refractivity contribution is -0.139. The summed E-state index contributed by atoms with van der Waals surface area (Å²) in [6, 6.07) is 3.03. The first-order valence-corrected chi connectivity index (χ1v) is 5.06. The van der Waals surface area contributed by atoms with E-state index in [0.717, 1.165) is 22.4 Å². The quantitative estimate of drug-likeness (QED) is 0.815. The summed E-state index contributed by atoms with van der Waals surface area (Å²) in [6.07, 6.45) is 0. The van der Waals surface area contributed by atoms with E-state index < -0.39 is 12.0 Å². The Morgan fingerprint density at radius 3 is 2.44 bits per heavy atom. The van der Waals surface area contributed by atoms with E-state index in [9.17, 15) is 4.79 Å². The zero-order valence-electron chi connectivity index (χ0n) is 10.00. The molecule has 1 unspecified atom stereocenters. The fourth-order valence-corrected chi connectivity index (χ4v) is 1.75. The molecule has 1 aromatic rings. The van der Waals surface area contributed by atoms with Gasteiger partial charge < -0.3 is 15.2 Å². The average Bonchev–Trinajstić information content (AvgIpc) is 2.23. The first kappa shape index (κ1) is 12.5. The van der Waals surface area contributed by atoms with E-state index in [1.165, 1.54) is 0 Å². The van der Waals surface area contributed by atoms with Gasteiger partial charge in [-0.1, -0.05) is 0 Å². The molecule has 16 heavy (non-hydrogen) atoms. The van der Waals surface area contributed by atoms with Crippen LogP contribution in [0.25, 0.3) is 0 Å². The van der Waals surface area contributed by atoms with E-state index in [1.807, 2.05) is 26.0 Å². The van der Waals surface area contributed by atoms with Gasteiger partial charge in [0.2, 0.25) is 0 Å². The largest absolute Gasteiger partial charge is 0.496 e. The van der Waals surface area contributed by atoms with Gasteiger partial charge in [-0.3, -0.25) is 4.79 Å². The molecule has 1 aromatic carbocycles. The van der Waals surface area contributed by atoms with Crippen LogP contribution in [0.1, 0.15) is 22.7 Å². The number of hydrogen-bond donors (Lipinski definition) is 2. The minimum Gasteiger partial charge on any atom is -0.496 e. The number of aryl methyl sites for hydroxylation is 2. The first-order chi connectivity index (χ1) is 7.51. The maximum atomic E-state index is 11.1. The van der Waals surface area contributed by atoms with Crippen LogP contribution >= 0.6 is 0 Å². The van der Waals surface area contributed by atoms with Crippen LogP contribution in [0.15, 0.2) is 12.1 Å². The maximum absolute atomic E-state index is 11.1. The molecule has 4 nitrogen and oxygen atoms in total. The molecule has 0 aromatic heterocycles. The van der Waals surface area contributed by atoms with Gasteiger partial charge in [-0.05, 0) is 49.7 Å². The lowest BCUT2D eigenvalue weighted by Crippen LogP contribution is -2.25. The number of likely N-dealkylation sites (N-methyl/N-ethyl adjacent to an activating group) is 1. The van der Waals surface area contributed by atoms with E-state index >= 15 is 0 Å². The van der Waals surface area contributed by atoms with Crippen LogP contribution in [0.3, 0.4) is 0 Å². The summed E-state index contributed by atoms with van der Waals surface area (Å²) in [5.74, 6) is -0.100. The van der Waals surface area contributed by atoms with Crippen molar-refractivity contribution in [2.24, 2.45) is 0 Å². The molecule has 0 fully saturated rings. The van der Waals surface area contributed by atoms with Crippen LogP contribution in [0.5, 0.6) is 5.75 Å². The molecule has 0 saturated carbocycles. The number of methoxy groups -OCH3 is 1. The Bertz CT molecular complexity index is 401. The lowest BCUT2D eigenvalue weighted by atomic mass is 9.98. The topological polar surface area (TPSA) is 58.6 Å². The Hall–Kier alpha value is -1.55. The van der Waals surface area contributed by atoms with Crippen LogP contribution in [0.4, 0.5) is 0 Å². The van der Waals surface area contributed by atoms with Crippen molar-refractivity contribution in [3.63, 3.8) is 0 Å². The fraction of sp³-hybridized carbons (Fsp3) is 0.417. The molecule has 0 heterocycles. The second-order valence-corrected chi connectivity index (χ2v) is 3.74. The molecule has 0 spiro atoms. The predicted octanol–water partition coefficient (Wildman–Crippen LogP) is 1.66. The highest BCUT2D eigenvalue weighted by Crippen LogP contribution is 2.26. The molecule has 0 radical (unpaired) electrons. The fourth-order valence-electron chi connectivity index (χ4n) is 1.75. The molecular weight excluding hydrogens is 206 g/mol. The highest BCUT2D eigenvalue weighted by atomic mass is 16.5. The Morgan fingerprint density at radius 2 is 2.00 bits per heavy atom. The number of carbonyl (C=O) groups is 1. The summed E-state index contributed by atoms with van der Waals surface area (Å²) in [4.78, 5) is 11.1. The van der Waals surface area contributed by atoms with E-state index in [2.05, 4.69) is 5.32 Å². The SMILES string of the molecule is CNC(C(=O)O)c1cc(C)c(OC)cc1C. The molecule has 2 N–H and O–H groups in total. The number of nitrogens with one attached hydrogen (secondary N) is 1. The van der Waals surface area contributed by atoms with Crippen molar-refractivity contribution in [3.8, 4) is 5.75 Å². The Labute approximate surface area is 95.2 Å². The molecule has 0 aliphatic carbocycles.